The second-order valence-corrected chi connectivity index (χ2v) is 8.43. The number of nitrogens with one attached hydrogen (secondary N) is 1. The van der Waals surface area contributed by atoms with Crippen LogP contribution >= 0.6 is 0 Å². The number of likely N-dealkylation sites (tertiary alicyclic amines) is 1. The highest BCUT2D eigenvalue weighted by Gasteiger charge is 2.27. The van der Waals surface area contributed by atoms with E-state index in [1.54, 1.807) is 17.9 Å². The Hall–Kier alpha value is -3.63. The quantitative estimate of drug-likeness (QED) is 0.671. The van der Waals surface area contributed by atoms with Crippen molar-refractivity contribution in [1.29, 1.82) is 0 Å². The van der Waals surface area contributed by atoms with Crippen molar-refractivity contribution in [3.05, 3.63) is 41.5 Å². The molecule has 0 bridgehead atoms. The van der Waals surface area contributed by atoms with Gasteiger partial charge >= 0.3 is 12.2 Å². The number of hydrogen-bond acceptors (Lipinski definition) is 8. The minimum absolute atomic E-state index is 0.0151. The molecule has 0 aliphatic carbocycles. The van der Waals surface area contributed by atoms with E-state index in [9.17, 15) is 14.0 Å². The zero-order valence-corrected chi connectivity index (χ0v) is 19.2. The van der Waals surface area contributed by atoms with Crippen LogP contribution in [0.4, 0.5) is 14.0 Å². The molecule has 10 nitrogen and oxygen atoms in total. The highest BCUT2D eigenvalue weighted by Crippen LogP contribution is 2.32. The predicted octanol–water partition coefficient (Wildman–Crippen LogP) is 3.89. The molecule has 0 saturated carbocycles. The zero-order valence-electron chi connectivity index (χ0n) is 19.2. The molecule has 2 saturated heterocycles. The molecule has 34 heavy (non-hydrogen) atoms. The number of alkyl carbamates (subject to hydrolysis) is 1. The van der Waals surface area contributed by atoms with E-state index >= 15 is 0 Å². The largest absolute Gasteiger partial charge is 0.474 e. The first-order valence-corrected chi connectivity index (χ1v) is 11.1. The van der Waals surface area contributed by atoms with Crippen LogP contribution in [0.15, 0.2) is 24.5 Å². The number of hydrogen-bond donors (Lipinski definition) is 1. The second kappa shape index (κ2) is 10.1. The minimum Gasteiger partial charge on any atom is -0.474 e. The fraction of sp³-hybridized carbons (Fsp3) is 0.478. The molecule has 182 valence electrons. The Bertz CT molecular complexity index is 1060. The monoisotopic (exact) mass is 474 g/mol. The van der Waals surface area contributed by atoms with Crippen molar-refractivity contribution in [2.75, 3.05) is 19.7 Å². The first-order chi connectivity index (χ1) is 16.3. The van der Waals surface area contributed by atoms with Gasteiger partial charge in [0.1, 0.15) is 19.0 Å². The molecule has 1 atom stereocenters. The van der Waals surface area contributed by atoms with Crippen molar-refractivity contribution in [2.24, 2.45) is 0 Å². The van der Waals surface area contributed by atoms with Gasteiger partial charge in [0.25, 0.3) is 0 Å². The summed E-state index contributed by atoms with van der Waals surface area (Å²) in [4.78, 5) is 33.2. The topological polar surface area (TPSA) is 112 Å². The first kappa shape index (κ1) is 23.5. The molecule has 2 aliphatic heterocycles. The van der Waals surface area contributed by atoms with Gasteiger partial charge in [-0.25, -0.2) is 23.9 Å². The summed E-state index contributed by atoms with van der Waals surface area (Å²) in [5.41, 5.74) is 1.10. The Morgan fingerprint density at radius 2 is 1.97 bits per heavy atom. The van der Waals surface area contributed by atoms with Gasteiger partial charge in [0.2, 0.25) is 11.8 Å². The highest BCUT2D eigenvalue weighted by molar-refractivity contribution is 5.70. The molecule has 3 heterocycles. The Morgan fingerprint density at radius 1 is 1.24 bits per heavy atom. The van der Waals surface area contributed by atoms with Crippen LogP contribution in [0, 0.1) is 12.7 Å². The molecule has 0 radical (unpaired) electrons. The molecule has 1 aromatic carbocycles. The smallest absolute Gasteiger partial charge is 0.410 e. The van der Waals surface area contributed by atoms with Crippen LogP contribution in [0.2, 0.25) is 0 Å². The number of nitrogens with zero attached hydrogens (tertiary/aromatic N) is 3. The SMILES string of the molecule is Cc1c(Oc2ccc([C@H]3COC(=O)N3)cc2F)ncnc1OC1CCN(C(=O)OC(C)C)CC1. The molecule has 0 spiro atoms. The van der Waals surface area contributed by atoms with Crippen LogP contribution in [0.5, 0.6) is 17.5 Å². The summed E-state index contributed by atoms with van der Waals surface area (Å²) >= 11 is 0. The third kappa shape index (κ3) is 5.46. The Morgan fingerprint density at radius 3 is 2.62 bits per heavy atom. The number of carbonyl (C=O) groups excluding carboxylic acids is 2. The minimum atomic E-state index is -0.597. The van der Waals surface area contributed by atoms with Crippen LogP contribution in [0.1, 0.15) is 43.9 Å². The maximum atomic E-state index is 14.7. The summed E-state index contributed by atoms with van der Waals surface area (Å²) in [7, 11) is 0. The summed E-state index contributed by atoms with van der Waals surface area (Å²) < 4.78 is 36.5. The number of rotatable bonds is 6. The molecule has 1 N–H and O–H groups in total. The summed E-state index contributed by atoms with van der Waals surface area (Å²) in [6, 6.07) is 4.02. The third-order valence-electron chi connectivity index (χ3n) is 5.54. The Kier molecular flexibility index (Phi) is 6.99. The molecule has 2 aliphatic rings. The Balaban J connectivity index is 1.38. The molecule has 1 aromatic heterocycles. The maximum absolute atomic E-state index is 14.7. The average Bonchev–Trinajstić information content (AvgIpc) is 3.24. The van der Waals surface area contributed by atoms with E-state index in [4.69, 9.17) is 18.9 Å². The van der Waals surface area contributed by atoms with Crippen LogP contribution in [-0.4, -0.2) is 59.0 Å². The number of aromatic nitrogens is 2. The van der Waals surface area contributed by atoms with E-state index in [-0.39, 0.29) is 36.5 Å². The van der Waals surface area contributed by atoms with Gasteiger partial charge in [0.15, 0.2) is 11.6 Å². The van der Waals surface area contributed by atoms with E-state index in [0.717, 1.165) is 0 Å². The molecule has 4 rings (SSSR count). The second-order valence-electron chi connectivity index (χ2n) is 8.43. The van der Waals surface area contributed by atoms with Gasteiger partial charge in [-0.2, -0.15) is 0 Å². The fourth-order valence-electron chi connectivity index (χ4n) is 3.72. The molecular weight excluding hydrogens is 447 g/mol. The number of halogens is 1. The van der Waals surface area contributed by atoms with E-state index < -0.39 is 18.0 Å². The van der Waals surface area contributed by atoms with Crippen LogP contribution in [0.25, 0.3) is 0 Å². The van der Waals surface area contributed by atoms with E-state index in [1.165, 1.54) is 18.5 Å². The van der Waals surface area contributed by atoms with Gasteiger partial charge in [-0.3, -0.25) is 0 Å². The molecule has 2 aromatic rings. The molecule has 0 unspecified atom stereocenters. The van der Waals surface area contributed by atoms with Gasteiger partial charge in [-0.15, -0.1) is 0 Å². The van der Waals surface area contributed by atoms with E-state index in [1.807, 2.05) is 13.8 Å². The first-order valence-electron chi connectivity index (χ1n) is 11.1. The highest BCUT2D eigenvalue weighted by atomic mass is 19.1. The van der Waals surface area contributed by atoms with Gasteiger partial charge in [-0.1, -0.05) is 6.07 Å². The van der Waals surface area contributed by atoms with Crippen molar-refractivity contribution in [3.8, 4) is 17.5 Å². The van der Waals surface area contributed by atoms with Crippen molar-refractivity contribution < 1.29 is 32.9 Å². The molecule has 2 amide bonds. The van der Waals surface area contributed by atoms with Crippen LogP contribution in [0.3, 0.4) is 0 Å². The average molecular weight is 474 g/mol. The number of piperidine rings is 1. The van der Waals surface area contributed by atoms with Crippen LogP contribution in [-0.2, 0) is 9.47 Å². The number of cyclic esters (lactones) is 1. The van der Waals surface area contributed by atoms with Gasteiger partial charge < -0.3 is 29.2 Å². The normalized spacial score (nSPS) is 18.4. The lowest BCUT2D eigenvalue weighted by atomic mass is 10.1. The fourth-order valence-corrected chi connectivity index (χ4v) is 3.72. The number of benzene rings is 1. The van der Waals surface area contributed by atoms with E-state index in [0.29, 0.717) is 42.9 Å². The Labute approximate surface area is 196 Å². The third-order valence-corrected chi connectivity index (χ3v) is 5.54. The molecule has 2 fully saturated rings. The summed E-state index contributed by atoms with van der Waals surface area (Å²) in [6.07, 6.45) is 1.40. The summed E-state index contributed by atoms with van der Waals surface area (Å²) in [6.45, 7) is 6.55. The van der Waals surface area contributed by atoms with E-state index in [2.05, 4.69) is 15.3 Å². The van der Waals surface area contributed by atoms with Crippen molar-refractivity contribution in [2.45, 2.75) is 51.9 Å². The summed E-state index contributed by atoms with van der Waals surface area (Å²) in [5, 5.41) is 2.60. The van der Waals surface area contributed by atoms with Crippen molar-refractivity contribution in [3.63, 3.8) is 0 Å². The number of ether oxygens (including phenoxy) is 4. The lowest BCUT2D eigenvalue weighted by Gasteiger charge is -2.31. The summed E-state index contributed by atoms with van der Waals surface area (Å²) in [5.74, 6) is -0.0957. The van der Waals surface area contributed by atoms with Gasteiger partial charge in [0.05, 0.1) is 17.7 Å². The lowest BCUT2D eigenvalue weighted by Crippen LogP contribution is -2.42. The van der Waals surface area contributed by atoms with Gasteiger partial charge in [-0.05, 0) is 38.5 Å². The standard InChI is InChI=1S/C23H27FN4O6/c1-13(2)32-23(30)28-8-6-16(7-9-28)33-20-14(3)21(26-12-25-20)34-19-5-4-15(10-17(19)24)18-11-31-22(29)27-18/h4-5,10,12-13,16,18H,6-9,11H2,1-3H3,(H,27,29)/t18-/m1/s1. The number of amides is 2. The molecular formula is C23H27FN4O6. The molecule has 11 heteroatoms. The van der Waals surface area contributed by atoms with Crippen molar-refractivity contribution >= 4 is 12.2 Å². The lowest BCUT2D eigenvalue weighted by molar-refractivity contribution is 0.0505. The zero-order chi connectivity index (χ0) is 24.2. The number of carbonyl (C=O) groups is 2. The maximum Gasteiger partial charge on any atom is 0.410 e. The predicted molar refractivity (Wildman–Crippen MR) is 117 cm³/mol. The van der Waals surface area contributed by atoms with Crippen molar-refractivity contribution in [1.82, 2.24) is 20.2 Å². The van der Waals surface area contributed by atoms with Crippen LogP contribution < -0.4 is 14.8 Å². The van der Waals surface area contributed by atoms with Gasteiger partial charge in [0, 0.05) is 25.9 Å².